The fourth-order valence-corrected chi connectivity index (χ4v) is 2.26. The standard InChI is InChI=1S/C14H20N2O2/c1-10-5-4-8-12(14(10)15)18-9-13(17)16-11-6-2-3-7-11/h4-5,8,11H,2-3,6-7,9,15H2,1H3,(H,16,17). The van der Waals surface area contributed by atoms with Crippen LogP contribution in [0.5, 0.6) is 5.75 Å². The van der Waals surface area contributed by atoms with Crippen LogP contribution in [0.3, 0.4) is 0 Å². The van der Waals surface area contributed by atoms with Crippen LogP contribution in [0.15, 0.2) is 18.2 Å². The number of nitrogens with one attached hydrogen (secondary N) is 1. The van der Waals surface area contributed by atoms with Crippen molar-refractivity contribution >= 4 is 11.6 Å². The number of hydrogen-bond acceptors (Lipinski definition) is 3. The van der Waals surface area contributed by atoms with Gasteiger partial charge in [0, 0.05) is 6.04 Å². The van der Waals surface area contributed by atoms with E-state index in [1.165, 1.54) is 12.8 Å². The van der Waals surface area contributed by atoms with Gasteiger partial charge in [-0.1, -0.05) is 25.0 Å². The number of carbonyl (C=O) groups is 1. The molecule has 4 nitrogen and oxygen atoms in total. The van der Waals surface area contributed by atoms with Gasteiger partial charge < -0.3 is 15.8 Å². The molecule has 1 amide bonds. The number of aryl methyl sites for hydroxylation is 1. The number of carbonyl (C=O) groups excluding carboxylic acids is 1. The van der Waals surface area contributed by atoms with E-state index in [4.69, 9.17) is 10.5 Å². The molecule has 1 aliphatic rings. The van der Waals surface area contributed by atoms with Crippen molar-refractivity contribution in [2.75, 3.05) is 12.3 Å². The number of nitrogens with two attached hydrogens (primary N) is 1. The van der Waals surface area contributed by atoms with Crippen molar-refractivity contribution in [3.05, 3.63) is 23.8 Å². The second-order valence-corrected chi connectivity index (χ2v) is 4.82. The molecule has 0 heterocycles. The van der Waals surface area contributed by atoms with Crippen LogP contribution < -0.4 is 15.8 Å². The van der Waals surface area contributed by atoms with Gasteiger partial charge in [0.2, 0.25) is 0 Å². The molecular formula is C14H20N2O2. The number of rotatable bonds is 4. The van der Waals surface area contributed by atoms with E-state index < -0.39 is 0 Å². The summed E-state index contributed by atoms with van der Waals surface area (Å²) in [5.74, 6) is 0.513. The first-order valence-electron chi connectivity index (χ1n) is 6.44. The second kappa shape index (κ2) is 5.76. The molecule has 0 spiro atoms. The fraction of sp³-hybridized carbons (Fsp3) is 0.500. The molecule has 1 aliphatic carbocycles. The number of anilines is 1. The molecule has 1 saturated carbocycles. The number of para-hydroxylation sites is 1. The van der Waals surface area contributed by atoms with E-state index in [1.54, 1.807) is 6.07 Å². The molecular weight excluding hydrogens is 228 g/mol. The average molecular weight is 248 g/mol. The Morgan fingerprint density at radius 3 is 2.89 bits per heavy atom. The first-order chi connectivity index (χ1) is 8.66. The maximum atomic E-state index is 11.7. The van der Waals surface area contributed by atoms with Crippen molar-refractivity contribution in [1.82, 2.24) is 5.32 Å². The molecule has 2 rings (SSSR count). The molecule has 4 heteroatoms. The predicted molar refractivity (Wildman–Crippen MR) is 71.5 cm³/mol. The van der Waals surface area contributed by atoms with Crippen LogP contribution in [0.25, 0.3) is 0 Å². The highest BCUT2D eigenvalue weighted by Crippen LogP contribution is 2.24. The summed E-state index contributed by atoms with van der Waals surface area (Å²) in [7, 11) is 0. The maximum absolute atomic E-state index is 11.7. The summed E-state index contributed by atoms with van der Waals surface area (Å²) in [6.45, 7) is 1.95. The lowest BCUT2D eigenvalue weighted by Crippen LogP contribution is -2.36. The third-order valence-corrected chi connectivity index (χ3v) is 3.36. The molecule has 0 bridgehead atoms. The Labute approximate surface area is 108 Å². The third kappa shape index (κ3) is 3.15. The normalized spacial score (nSPS) is 15.6. The Morgan fingerprint density at radius 2 is 2.17 bits per heavy atom. The van der Waals surface area contributed by atoms with E-state index in [1.807, 2.05) is 19.1 Å². The van der Waals surface area contributed by atoms with E-state index in [0.29, 0.717) is 17.5 Å². The highest BCUT2D eigenvalue weighted by molar-refractivity contribution is 5.78. The van der Waals surface area contributed by atoms with Gasteiger partial charge in [0.25, 0.3) is 5.91 Å². The van der Waals surface area contributed by atoms with Crippen LogP contribution in [0.1, 0.15) is 31.2 Å². The first-order valence-corrected chi connectivity index (χ1v) is 6.44. The molecule has 98 valence electrons. The minimum absolute atomic E-state index is 0.0319. The van der Waals surface area contributed by atoms with Crippen LogP contribution in [-0.4, -0.2) is 18.6 Å². The summed E-state index contributed by atoms with van der Waals surface area (Å²) in [5, 5.41) is 2.98. The monoisotopic (exact) mass is 248 g/mol. The van der Waals surface area contributed by atoms with E-state index in [9.17, 15) is 4.79 Å². The van der Waals surface area contributed by atoms with E-state index in [-0.39, 0.29) is 12.5 Å². The van der Waals surface area contributed by atoms with E-state index in [0.717, 1.165) is 18.4 Å². The topological polar surface area (TPSA) is 64.3 Å². The largest absolute Gasteiger partial charge is 0.482 e. The van der Waals surface area contributed by atoms with Crippen LogP contribution in [0, 0.1) is 6.92 Å². The van der Waals surface area contributed by atoms with Crippen molar-refractivity contribution in [2.45, 2.75) is 38.6 Å². The van der Waals surface area contributed by atoms with Crippen LogP contribution in [-0.2, 0) is 4.79 Å². The van der Waals surface area contributed by atoms with E-state index in [2.05, 4.69) is 5.32 Å². The summed E-state index contributed by atoms with van der Waals surface area (Å²) in [4.78, 5) is 11.7. The van der Waals surface area contributed by atoms with Crippen LogP contribution in [0.2, 0.25) is 0 Å². The maximum Gasteiger partial charge on any atom is 0.258 e. The summed E-state index contributed by atoms with van der Waals surface area (Å²) >= 11 is 0. The van der Waals surface area contributed by atoms with Crippen molar-refractivity contribution in [1.29, 1.82) is 0 Å². The minimum Gasteiger partial charge on any atom is -0.482 e. The zero-order valence-corrected chi connectivity index (χ0v) is 10.7. The Kier molecular flexibility index (Phi) is 4.07. The number of ether oxygens (including phenoxy) is 1. The van der Waals surface area contributed by atoms with Gasteiger partial charge in [-0.15, -0.1) is 0 Å². The molecule has 0 aromatic heterocycles. The molecule has 0 aliphatic heterocycles. The van der Waals surface area contributed by atoms with Crippen molar-refractivity contribution < 1.29 is 9.53 Å². The van der Waals surface area contributed by atoms with Gasteiger partial charge in [0.1, 0.15) is 5.75 Å². The zero-order valence-electron chi connectivity index (χ0n) is 10.7. The lowest BCUT2D eigenvalue weighted by atomic mass is 10.2. The lowest BCUT2D eigenvalue weighted by Gasteiger charge is -2.13. The van der Waals surface area contributed by atoms with Gasteiger partial charge in [-0.25, -0.2) is 0 Å². The van der Waals surface area contributed by atoms with Crippen molar-refractivity contribution in [3.63, 3.8) is 0 Å². The molecule has 1 fully saturated rings. The Hall–Kier alpha value is -1.71. The van der Waals surface area contributed by atoms with Gasteiger partial charge in [-0.05, 0) is 31.4 Å². The molecule has 0 atom stereocenters. The molecule has 0 radical (unpaired) electrons. The predicted octanol–water partition coefficient (Wildman–Crippen LogP) is 2.01. The van der Waals surface area contributed by atoms with Gasteiger partial charge in [0.15, 0.2) is 6.61 Å². The number of hydrogen-bond donors (Lipinski definition) is 2. The van der Waals surface area contributed by atoms with Crippen molar-refractivity contribution in [3.8, 4) is 5.75 Å². The Bertz CT molecular complexity index is 426. The summed E-state index contributed by atoms with van der Waals surface area (Å²) in [5.41, 5.74) is 7.44. The first kappa shape index (κ1) is 12.7. The number of amides is 1. The highest BCUT2D eigenvalue weighted by Gasteiger charge is 2.17. The lowest BCUT2D eigenvalue weighted by molar-refractivity contribution is -0.123. The molecule has 1 aromatic rings. The second-order valence-electron chi connectivity index (χ2n) is 4.82. The summed E-state index contributed by atoms with van der Waals surface area (Å²) in [6, 6.07) is 5.90. The Balaban J connectivity index is 1.83. The highest BCUT2D eigenvalue weighted by atomic mass is 16.5. The molecule has 18 heavy (non-hydrogen) atoms. The van der Waals surface area contributed by atoms with Crippen LogP contribution >= 0.6 is 0 Å². The molecule has 1 aromatic carbocycles. The fourth-order valence-electron chi connectivity index (χ4n) is 2.26. The molecule has 0 saturated heterocycles. The number of nitrogen functional groups attached to an aromatic ring is 1. The molecule has 0 unspecified atom stereocenters. The van der Waals surface area contributed by atoms with Gasteiger partial charge in [0.05, 0.1) is 5.69 Å². The number of benzene rings is 1. The summed E-state index contributed by atoms with van der Waals surface area (Å²) < 4.78 is 5.45. The van der Waals surface area contributed by atoms with Gasteiger partial charge in [-0.2, -0.15) is 0 Å². The Morgan fingerprint density at radius 1 is 1.44 bits per heavy atom. The van der Waals surface area contributed by atoms with E-state index >= 15 is 0 Å². The molecule has 3 N–H and O–H groups in total. The third-order valence-electron chi connectivity index (χ3n) is 3.36. The average Bonchev–Trinajstić information content (AvgIpc) is 2.84. The van der Waals surface area contributed by atoms with Crippen molar-refractivity contribution in [2.24, 2.45) is 0 Å². The SMILES string of the molecule is Cc1cccc(OCC(=O)NC2CCCC2)c1N. The smallest absolute Gasteiger partial charge is 0.258 e. The van der Waals surface area contributed by atoms with Gasteiger partial charge in [-0.3, -0.25) is 4.79 Å². The van der Waals surface area contributed by atoms with Gasteiger partial charge >= 0.3 is 0 Å². The minimum atomic E-state index is -0.0668. The van der Waals surface area contributed by atoms with Crippen LogP contribution in [0.4, 0.5) is 5.69 Å². The zero-order chi connectivity index (χ0) is 13.0. The summed E-state index contributed by atoms with van der Waals surface area (Å²) in [6.07, 6.45) is 4.57. The quantitative estimate of drug-likeness (QED) is 0.801.